The topological polar surface area (TPSA) is 43.4 Å². The van der Waals surface area contributed by atoms with Gasteiger partial charge in [0.1, 0.15) is 5.75 Å². The average Bonchev–Trinajstić information content (AvgIpc) is 2.43. The molecular weight excluding hydrogens is 329 g/mol. The lowest BCUT2D eigenvalue weighted by molar-refractivity contribution is -0.0500. The summed E-state index contributed by atoms with van der Waals surface area (Å²) in [5.74, 6) is -0.333. The zero-order valence-electron chi connectivity index (χ0n) is 12.7. The van der Waals surface area contributed by atoms with Crippen molar-refractivity contribution in [3.63, 3.8) is 0 Å². The van der Waals surface area contributed by atoms with Gasteiger partial charge in [0.15, 0.2) is 0 Å². The molecule has 0 aliphatic heterocycles. The van der Waals surface area contributed by atoms with Gasteiger partial charge in [0, 0.05) is 5.56 Å². The predicted molar refractivity (Wildman–Crippen MR) is 81.7 cm³/mol. The Morgan fingerprint density at radius 2 is 1.39 bits per heavy atom. The van der Waals surface area contributed by atoms with Gasteiger partial charge in [-0.05, 0) is 49.1 Å². The summed E-state index contributed by atoms with van der Waals surface area (Å²) in [6.45, 7) is 5.34. The smallest absolute Gasteiger partial charge is 0.376 e. The van der Waals surface area contributed by atoms with Crippen LogP contribution in [0.25, 0.3) is 11.1 Å². The first-order chi connectivity index (χ1) is 10.5. The van der Waals surface area contributed by atoms with Crippen LogP contribution in [0.1, 0.15) is 16.7 Å². The molecule has 0 fully saturated rings. The third kappa shape index (κ3) is 3.34. The Balaban J connectivity index is 2.54. The third-order valence-electron chi connectivity index (χ3n) is 3.66. The van der Waals surface area contributed by atoms with E-state index in [9.17, 15) is 21.6 Å². The minimum atomic E-state index is -5.69. The van der Waals surface area contributed by atoms with Crippen LogP contribution >= 0.6 is 0 Å². The summed E-state index contributed by atoms with van der Waals surface area (Å²) in [6.07, 6.45) is 0. The SMILES string of the molecule is Cc1cccc(-c2cccc(OS(=O)(=O)C(F)(F)F)c2C)c1C. The monoisotopic (exact) mass is 344 g/mol. The molecule has 0 atom stereocenters. The Labute approximate surface area is 132 Å². The van der Waals surface area contributed by atoms with E-state index in [2.05, 4.69) is 4.18 Å². The molecule has 0 heterocycles. The highest BCUT2D eigenvalue weighted by atomic mass is 32.2. The van der Waals surface area contributed by atoms with Crippen molar-refractivity contribution in [2.75, 3.05) is 0 Å². The second-order valence-electron chi connectivity index (χ2n) is 5.16. The van der Waals surface area contributed by atoms with E-state index in [0.717, 1.165) is 16.7 Å². The zero-order valence-corrected chi connectivity index (χ0v) is 13.5. The molecular formula is C16H15F3O3S. The molecule has 0 N–H and O–H groups in total. The van der Waals surface area contributed by atoms with Gasteiger partial charge in [-0.25, -0.2) is 0 Å². The van der Waals surface area contributed by atoms with Crippen LogP contribution in [0.15, 0.2) is 36.4 Å². The van der Waals surface area contributed by atoms with Gasteiger partial charge in [-0.1, -0.05) is 30.3 Å². The van der Waals surface area contributed by atoms with E-state index in [0.29, 0.717) is 11.1 Å². The maximum absolute atomic E-state index is 12.5. The van der Waals surface area contributed by atoms with Crippen LogP contribution in [0.5, 0.6) is 5.75 Å². The quantitative estimate of drug-likeness (QED) is 0.608. The normalized spacial score (nSPS) is 12.3. The van der Waals surface area contributed by atoms with E-state index in [-0.39, 0.29) is 5.75 Å². The van der Waals surface area contributed by atoms with Crippen molar-refractivity contribution in [1.29, 1.82) is 0 Å². The second kappa shape index (κ2) is 5.88. The van der Waals surface area contributed by atoms with Crippen LogP contribution in [0, 0.1) is 20.8 Å². The minimum absolute atomic E-state index is 0.328. The lowest BCUT2D eigenvalue weighted by atomic mass is 9.94. The van der Waals surface area contributed by atoms with Crippen molar-refractivity contribution >= 4 is 10.1 Å². The van der Waals surface area contributed by atoms with Crippen LogP contribution in [0.4, 0.5) is 13.2 Å². The molecule has 3 nitrogen and oxygen atoms in total. The van der Waals surface area contributed by atoms with E-state index >= 15 is 0 Å². The number of aryl methyl sites for hydroxylation is 1. The maximum Gasteiger partial charge on any atom is 0.534 e. The van der Waals surface area contributed by atoms with Crippen molar-refractivity contribution in [3.05, 3.63) is 53.1 Å². The van der Waals surface area contributed by atoms with Crippen LogP contribution in [0.3, 0.4) is 0 Å². The summed E-state index contributed by atoms with van der Waals surface area (Å²) in [6, 6.07) is 9.95. The summed E-state index contributed by atoms with van der Waals surface area (Å²) < 4.78 is 64.1. The zero-order chi connectivity index (χ0) is 17.4. The van der Waals surface area contributed by atoms with Gasteiger partial charge < -0.3 is 4.18 Å². The molecule has 0 aliphatic rings. The first-order valence-corrected chi connectivity index (χ1v) is 8.12. The molecule has 0 radical (unpaired) electrons. The molecule has 0 aliphatic carbocycles. The molecule has 0 spiro atoms. The van der Waals surface area contributed by atoms with Crippen molar-refractivity contribution in [3.8, 4) is 16.9 Å². The summed E-state index contributed by atoms with van der Waals surface area (Å²) in [5.41, 5.74) is -1.70. The highest BCUT2D eigenvalue weighted by Crippen LogP contribution is 2.35. The lowest BCUT2D eigenvalue weighted by Crippen LogP contribution is -2.28. The van der Waals surface area contributed by atoms with Gasteiger partial charge in [0.2, 0.25) is 0 Å². The van der Waals surface area contributed by atoms with Gasteiger partial charge in [-0.3, -0.25) is 0 Å². The summed E-state index contributed by atoms with van der Waals surface area (Å²) in [7, 11) is -5.69. The number of hydrogen-bond acceptors (Lipinski definition) is 3. The van der Waals surface area contributed by atoms with E-state index in [1.807, 2.05) is 32.0 Å². The number of halogens is 3. The van der Waals surface area contributed by atoms with Crippen LogP contribution < -0.4 is 4.18 Å². The van der Waals surface area contributed by atoms with Gasteiger partial charge in [0.25, 0.3) is 0 Å². The van der Waals surface area contributed by atoms with Crippen molar-refractivity contribution in [1.82, 2.24) is 0 Å². The van der Waals surface area contributed by atoms with Crippen LogP contribution in [-0.4, -0.2) is 13.9 Å². The molecule has 124 valence electrons. The van der Waals surface area contributed by atoms with Gasteiger partial charge >= 0.3 is 15.6 Å². The summed E-state index contributed by atoms with van der Waals surface area (Å²) in [4.78, 5) is 0. The van der Waals surface area contributed by atoms with Gasteiger partial charge in [-0.2, -0.15) is 21.6 Å². The van der Waals surface area contributed by atoms with E-state index in [1.165, 1.54) is 19.1 Å². The van der Waals surface area contributed by atoms with E-state index in [4.69, 9.17) is 0 Å². The highest BCUT2D eigenvalue weighted by Gasteiger charge is 2.48. The lowest BCUT2D eigenvalue weighted by Gasteiger charge is -2.15. The number of rotatable bonds is 3. The fourth-order valence-electron chi connectivity index (χ4n) is 2.20. The molecule has 7 heteroatoms. The predicted octanol–water partition coefficient (Wildman–Crippen LogP) is 4.51. The van der Waals surface area contributed by atoms with Gasteiger partial charge in [0.05, 0.1) is 0 Å². The Hall–Kier alpha value is -2.02. The Bertz CT molecular complexity index is 840. The highest BCUT2D eigenvalue weighted by molar-refractivity contribution is 7.88. The standard InChI is InChI=1S/C16H15F3O3S/c1-10-6-4-7-13(11(10)2)14-8-5-9-15(12(14)3)22-23(20,21)16(17,18)19/h4-9H,1-3H3. The van der Waals surface area contributed by atoms with Crippen molar-refractivity contribution in [2.45, 2.75) is 26.3 Å². The van der Waals surface area contributed by atoms with E-state index in [1.54, 1.807) is 6.07 Å². The molecule has 0 unspecified atom stereocenters. The molecule has 2 aromatic rings. The Morgan fingerprint density at radius 1 is 0.870 bits per heavy atom. The molecule has 0 aromatic heterocycles. The maximum atomic E-state index is 12.5. The largest absolute Gasteiger partial charge is 0.534 e. The third-order valence-corrected chi connectivity index (χ3v) is 4.63. The van der Waals surface area contributed by atoms with Crippen molar-refractivity contribution < 1.29 is 25.8 Å². The minimum Gasteiger partial charge on any atom is -0.376 e. The second-order valence-corrected chi connectivity index (χ2v) is 6.70. The summed E-state index contributed by atoms with van der Waals surface area (Å²) >= 11 is 0. The first kappa shape index (κ1) is 17.3. The molecule has 0 saturated carbocycles. The van der Waals surface area contributed by atoms with E-state index < -0.39 is 15.6 Å². The molecule has 2 rings (SSSR count). The Morgan fingerprint density at radius 3 is 1.96 bits per heavy atom. The Kier molecular flexibility index (Phi) is 4.43. The van der Waals surface area contributed by atoms with Crippen LogP contribution in [0.2, 0.25) is 0 Å². The number of alkyl halides is 3. The fraction of sp³-hybridized carbons (Fsp3) is 0.250. The van der Waals surface area contributed by atoms with Crippen molar-refractivity contribution in [2.24, 2.45) is 0 Å². The molecule has 23 heavy (non-hydrogen) atoms. The molecule has 0 bridgehead atoms. The fourth-order valence-corrected chi connectivity index (χ4v) is 2.72. The number of benzene rings is 2. The first-order valence-electron chi connectivity index (χ1n) is 6.71. The number of hydrogen-bond donors (Lipinski definition) is 0. The van der Waals surface area contributed by atoms with Gasteiger partial charge in [-0.15, -0.1) is 0 Å². The average molecular weight is 344 g/mol. The van der Waals surface area contributed by atoms with Crippen LogP contribution in [-0.2, 0) is 10.1 Å². The molecule has 2 aromatic carbocycles. The molecule has 0 amide bonds. The molecule has 0 saturated heterocycles. The summed E-state index contributed by atoms with van der Waals surface area (Å²) in [5, 5.41) is 0.